The molecule has 1 heterocycles. The molecule has 128 valence electrons. The molecule has 1 aromatic heterocycles. The average molecular weight is 329 g/mol. The van der Waals surface area contributed by atoms with Gasteiger partial charge in [-0.1, -0.05) is 23.8 Å². The van der Waals surface area contributed by atoms with E-state index in [2.05, 4.69) is 22.4 Å². The molecule has 6 heteroatoms. The Bertz CT molecular complexity index is 750. The zero-order chi connectivity index (χ0) is 17.7. The van der Waals surface area contributed by atoms with Crippen LogP contribution in [0.5, 0.6) is 0 Å². The first kappa shape index (κ1) is 17.7. The number of nitrogens with zero attached hydrogens (tertiary/aromatic N) is 2. The highest BCUT2D eigenvalue weighted by atomic mass is 16.5. The minimum Gasteiger partial charge on any atom is -0.461 e. The number of aryl methyl sites for hydroxylation is 3. The Morgan fingerprint density at radius 1 is 1.29 bits per heavy atom. The van der Waals surface area contributed by atoms with Crippen molar-refractivity contribution < 1.29 is 14.3 Å². The Labute approximate surface area is 141 Å². The molecule has 0 atom stereocenters. The monoisotopic (exact) mass is 329 g/mol. The van der Waals surface area contributed by atoms with Crippen LogP contribution in [0, 0.1) is 13.8 Å². The molecule has 0 saturated carbocycles. The fourth-order valence-corrected chi connectivity index (χ4v) is 2.48. The number of rotatable bonds is 6. The number of esters is 1. The van der Waals surface area contributed by atoms with Gasteiger partial charge >= 0.3 is 5.97 Å². The summed E-state index contributed by atoms with van der Waals surface area (Å²) < 4.78 is 6.46. The molecule has 1 aromatic carbocycles. The zero-order valence-electron chi connectivity index (χ0n) is 14.5. The Hall–Kier alpha value is -2.63. The van der Waals surface area contributed by atoms with Crippen LogP contribution in [-0.2, 0) is 23.0 Å². The third-order valence-corrected chi connectivity index (χ3v) is 3.84. The maximum atomic E-state index is 12.1. The highest BCUT2D eigenvalue weighted by Crippen LogP contribution is 2.14. The minimum atomic E-state index is -0.455. The first-order valence-electron chi connectivity index (χ1n) is 7.97. The number of aromatic nitrogens is 2. The molecule has 2 rings (SSSR count). The Morgan fingerprint density at radius 2 is 2.04 bits per heavy atom. The van der Waals surface area contributed by atoms with Crippen LogP contribution in [0.25, 0.3) is 0 Å². The van der Waals surface area contributed by atoms with Crippen molar-refractivity contribution in [1.82, 2.24) is 9.55 Å². The third-order valence-electron chi connectivity index (χ3n) is 3.84. The normalized spacial score (nSPS) is 10.5. The van der Waals surface area contributed by atoms with E-state index in [-0.39, 0.29) is 5.91 Å². The summed E-state index contributed by atoms with van der Waals surface area (Å²) >= 11 is 0. The van der Waals surface area contributed by atoms with Gasteiger partial charge in [-0.15, -0.1) is 0 Å². The summed E-state index contributed by atoms with van der Waals surface area (Å²) in [4.78, 5) is 28.0. The van der Waals surface area contributed by atoms with Gasteiger partial charge in [0.05, 0.1) is 12.8 Å². The lowest BCUT2D eigenvalue weighted by atomic mass is 10.0. The highest BCUT2D eigenvalue weighted by Gasteiger charge is 2.16. The summed E-state index contributed by atoms with van der Waals surface area (Å²) in [6, 6.07) is 6.21. The van der Waals surface area contributed by atoms with Gasteiger partial charge in [-0.2, -0.15) is 0 Å². The van der Waals surface area contributed by atoms with Crippen molar-refractivity contribution in [3.05, 3.63) is 46.8 Å². The first-order chi connectivity index (χ1) is 11.4. The number of nitrogens with one attached hydrogen (secondary N) is 1. The van der Waals surface area contributed by atoms with Gasteiger partial charge < -0.3 is 9.30 Å². The molecule has 1 amide bonds. The van der Waals surface area contributed by atoms with E-state index in [1.165, 1.54) is 21.9 Å². The van der Waals surface area contributed by atoms with Gasteiger partial charge in [-0.3, -0.25) is 10.1 Å². The van der Waals surface area contributed by atoms with Gasteiger partial charge in [0.1, 0.15) is 5.69 Å². The maximum absolute atomic E-state index is 12.1. The minimum absolute atomic E-state index is 0.140. The van der Waals surface area contributed by atoms with E-state index in [1.807, 2.05) is 19.9 Å². The molecule has 2 aromatic rings. The number of carbonyl (C=O) groups is 2. The van der Waals surface area contributed by atoms with E-state index in [0.29, 0.717) is 31.1 Å². The van der Waals surface area contributed by atoms with Crippen LogP contribution in [0.2, 0.25) is 0 Å². The number of hydrogen-bond acceptors (Lipinski definition) is 4. The summed E-state index contributed by atoms with van der Waals surface area (Å²) in [6.07, 6.45) is 2.41. The van der Waals surface area contributed by atoms with Gasteiger partial charge in [-0.05, 0) is 38.3 Å². The number of ether oxygens (including phenoxy) is 1. The van der Waals surface area contributed by atoms with Crippen molar-refractivity contribution in [3.63, 3.8) is 0 Å². The SMILES string of the molecule is CCOC(=O)c1cnc(NC(=O)CCc2ccc(C)cc2C)n1C. The molecule has 0 saturated heterocycles. The molecule has 0 fully saturated rings. The van der Waals surface area contributed by atoms with Crippen LogP contribution in [0.1, 0.15) is 40.5 Å². The molecule has 0 bridgehead atoms. The molecule has 0 spiro atoms. The molecular formula is C18H23N3O3. The van der Waals surface area contributed by atoms with Crippen molar-refractivity contribution in [2.75, 3.05) is 11.9 Å². The molecule has 0 unspecified atom stereocenters. The van der Waals surface area contributed by atoms with Crippen LogP contribution in [-0.4, -0.2) is 28.0 Å². The summed E-state index contributed by atoms with van der Waals surface area (Å²) in [6.45, 7) is 6.13. The van der Waals surface area contributed by atoms with E-state index in [9.17, 15) is 9.59 Å². The lowest BCUT2D eigenvalue weighted by molar-refractivity contribution is -0.116. The molecule has 0 aliphatic carbocycles. The number of benzene rings is 1. The van der Waals surface area contributed by atoms with E-state index in [1.54, 1.807) is 14.0 Å². The lowest BCUT2D eigenvalue weighted by Crippen LogP contribution is -2.17. The molecular weight excluding hydrogens is 306 g/mol. The van der Waals surface area contributed by atoms with Gasteiger partial charge in [0.15, 0.2) is 0 Å². The molecule has 0 radical (unpaired) electrons. The second kappa shape index (κ2) is 7.77. The van der Waals surface area contributed by atoms with E-state index in [0.717, 1.165) is 5.56 Å². The molecule has 24 heavy (non-hydrogen) atoms. The Morgan fingerprint density at radius 3 is 2.71 bits per heavy atom. The standard InChI is InChI=1S/C18H23N3O3/c1-5-24-17(23)15-11-19-18(21(15)4)20-16(22)9-8-14-7-6-12(2)10-13(14)3/h6-7,10-11H,5,8-9H2,1-4H3,(H,19,20,22). The topological polar surface area (TPSA) is 73.2 Å². The quantitative estimate of drug-likeness (QED) is 0.827. The van der Waals surface area contributed by atoms with Crippen LogP contribution in [0.4, 0.5) is 5.95 Å². The van der Waals surface area contributed by atoms with Gasteiger partial charge in [0, 0.05) is 13.5 Å². The van der Waals surface area contributed by atoms with E-state index < -0.39 is 5.97 Å². The van der Waals surface area contributed by atoms with Crippen LogP contribution in [0.15, 0.2) is 24.4 Å². The van der Waals surface area contributed by atoms with E-state index >= 15 is 0 Å². The molecule has 6 nitrogen and oxygen atoms in total. The largest absolute Gasteiger partial charge is 0.461 e. The Balaban J connectivity index is 1.96. The van der Waals surface area contributed by atoms with Crippen LogP contribution < -0.4 is 5.32 Å². The zero-order valence-corrected chi connectivity index (χ0v) is 14.5. The summed E-state index contributed by atoms with van der Waals surface area (Å²) in [7, 11) is 1.67. The van der Waals surface area contributed by atoms with Crippen molar-refractivity contribution in [2.24, 2.45) is 7.05 Å². The summed E-state index contributed by atoms with van der Waals surface area (Å²) in [5, 5.41) is 2.73. The predicted octanol–water partition coefficient (Wildman–Crippen LogP) is 2.78. The van der Waals surface area contributed by atoms with Gasteiger partial charge in [0.25, 0.3) is 0 Å². The Kier molecular flexibility index (Phi) is 5.73. The highest BCUT2D eigenvalue weighted by molar-refractivity contribution is 5.91. The number of hydrogen-bond donors (Lipinski definition) is 1. The van der Waals surface area contributed by atoms with Crippen molar-refractivity contribution in [1.29, 1.82) is 0 Å². The third kappa shape index (κ3) is 4.22. The van der Waals surface area contributed by atoms with Crippen LogP contribution in [0.3, 0.4) is 0 Å². The van der Waals surface area contributed by atoms with Gasteiger partial charge in [0.2, 0.25) is 11.9 Å². The first-order valence-corrected chi connectivity index (χ1v) is 7.97. The average Bonchev–Trinajstić information content (AvgIpc) is 2.88. The fraction of sp³-hybridized carbons (Fsp3) is 0.389. The van der Waals surface area contributed by atoms with E-state index in [4.69, 9.17) is 4.74 Å². The smallest absolute Gasteiger partial charge is 0.356 e. The molecule has 1 N–H and O–H groups in total. The van der Waals surface area contributed by atoms with Crippen molar-refractivity contribution >= 4 is 17.8 Å². The molecule has 0 aliphatic heterocycles. The number of imidazole rings is 1. The fourth-order valence-electron chi connectivity index (χ4n) is 2.48. The maximum Gasteiger partial charge on any atom is 0.356 e. The van der Waals surface area contributed by atoms with Crippen LogP contribution >= 0.6 is 0 Å². The van der Waals surface area contributed by atoms with Crippen molar-refractivity contribution in [3.8, 4) is 0 Å². The number of amides is 1. The van der Waals surface area contributed by atoms with Crippen molar-refractivity contribution in [2.45, 2.75) is 33.6 Å². The predicted molar refractivity (Wildman–Crippen MR) is 92.0 cm³/mol. The lowest BCUT2D eigenvalue weighted by Gasteiger charge is -2.08. The number of anilines is 1. The second-order valence-corrected chi connectivity index (χ2v) is 5.72. The number of carbonyl (C=O) groups excluding carboxylic acids is 2. The summed E-state index contributed by atoms with van der Waals surface area (Å²) in [5.74, 6) is -0.258. The van der Waals surface area contributed by atoms with Gasteiger partial charge in [-0.25, -0.2) is 9.78 Å². The molecule has 0 aliphatic rings. The second-order valence-electron chi connectivity index (χ2n) is 5.72. The summed E-state index contributed by atoms with van der Waals surface area (Å²) in [5.41, 5.74) is 3.86.